The van der Waals surface area contributed by atoms with E-state index < -0.39 is 0 Å². The number of amides is 2. The fourth-order valence-corrected chi connectivity index (χ4v) is 6.07. The summed E-state index contributed by atoms with van der Waals surface area (Å²) in [5.41, 5.74) is 2.92. The molecule has 2 aliphatic heterocycles. The van der Waals surface area contributed by atoms with Gasteiger partial charge in [-0.3, -0.25) is 9.59 Å². The maximum atomic E-state index is 14.6. The zero-order valence-corrected chi connectivity index (χ0v) is 21.8. The molecule has 1 fully saturated rings. The molecule has 0 saturated carbocycles. The Morgan fingerprint density at radius 1 is 0.795 bits per heavy atom. The van der Waals surface area contributed by atoms with Crippen molar-refractivity contribution in [3.63, 3.8) is 0 Å². The average Bonchev–Trinajstić information content (AvgIpc) is 3.08. The molecule has 0 unspecified atom stereocenters. The molecule has 0 bridgehead atoms. The lowest BCUT2D eigenvalue weighted by molar-refractivity contribution is 0.0746. The Morgan fingerprint density at radius 2 is 1.51 bits per heavy atom. The molecule has 4 aromatic carbocycles. The molecule has 39 heavy (non-hydrogen) atoms. The van der Waals surface area contributed by atoms with Gasteiger partial charge >= 0.3 is 0 Å². The Hall–Kier alpha value is -4.17. The number of anilines is 2. The van der Waals surface area contributed by atoms with Crippen molar-refractivity contribution in [1.29, 1.82) is 0 Å². The van der Waals surface area contributed by atoms with Crippen molar-refractivity contribution >= 4 is 35.0 Å². The third kappa shape index (κ3) is 5.00. The van der Waals surface area contributed by atoms with E-state index in [0.717, 1.165) is 15.5 Å². The molecule has 196 valence electrons. The normalized spacial score (nSPS) is 15.0. The number of hydrogen-bond donors (Lipinski definition) is 0. The van der Waals surface area contributed by atoms with Crippen molar-refractivity contribution in [2.75, 3.05) is 36.0 Å². The topological polar surface area (TPSA) is 43.9 Å². The van der Waals surface area contributed by atoms with Gasteiger partial charge in [-0.1, -0.05) is 42.1 Å². The van der Waals surface area contributed by atoms with E-state index in [1.54, 1.807) is 58.3 Å². The van der Waals surface area contributed by atoms with Crippen LogP contribution in [0.4, 0.5) is 20.2 Å². The van der Waals surface area contributed by atoms with Crippen molar-refractivity contribution in [1.82, 2.24) is 4.90 Å². The van der Waals surface area contributed by atoms with Crippen molar-refractivity contribution < 1.29 is 18.4 Å². The maximum Gasteiger partial charge on any atom is 0.259 e. The number of carbonyl (C=O) groups excluding carboxylic acids is 2. The predicted octanol–water partition coefficient (Wildman–Crippen LogP) is 6.24. The molecule has 0 aliphatic carbocycles. The van der Waals surface area contributed by atoms with E-state index in [2.05, 4.69) is 4.90 Å². The summed E-state index contributed by atoms with van der Waals surface area (Å²) in [7, 11) is 0. The molecule has 1 saturated heterocycles. The zero-order chi connectivity index (χ0) is 26.9. The standard InChI is InChI=1S/C31H25F2N3O2S/c32-23-10-12-24(13-11-23)34-15-17-35(18-16-34)30(37)21-9-14-29-27(19-21)36(20-22-5-1-3-7-26(22)33)31(38)25-6-2-4-8-28(25)39-29/h1-14,19H,15-18,20H2. The second-order valence-electron chi connectivity index (χ2n) is 9.52. The van der Waals surface area contributed by atoms with Crippen LogP contribution >= 0.6 is 11.8 Å². The minimum absolute atomic E-state index is 0.0430. The van der Waals surface area contributed by atoms with Crippen molar-refractivity contribution in [2.45, 2.75) is 16.3 Å². The van der Waals surface area contributed by atoms with E-state index in [4.69, 9.17) is 0 Å². The quantitative estimate of drug-likeness (QED) is 0.307. The van der Waals surface area contributed by atoms with E-state index in [-0.39, 0.29) is 30.0 Å². The molecule has 0 spiro atoms. The van der Waals surface area contributed by atoms with E-state index in [0.29, 0.717) is 48.6 Å². The lowest BCUT2D eigenvalue weighted by Crippen LogP contribution is -2.48. The Morgan fingerprint density at radius 3 is 2.28 bits per heavy atom. The van der Waals surface area contributed by atoms with E-state index in [1.165, 1.54) is 30.0 Å². The minimum Gasteiger partial charge on any atom is -0.368 e. The summed E-state index contributed by atoms with van der Waals surface area (Å²) in [6.45, 7) is 2.34. The predicted molar refractivity (Wildman–Crippen MR) is 148 cm³/mol. The summed E-state index contributed by atoms with van der Waals surface area (Å²) < 4.78 is 28.0. The van der Waals surface area contributed by atoms with Gasteiger partial charge in [0.1, 0.15) is 11.6 Å². The summed E-state index contributed by atoms with van der Waals surface area (Å²) in [4.78, 5) is 34.4. The number of halogens is 2. The summed E-state index contributed by atoms with van der Waals surface area (Å²) in [5, 5.41) is 0. The number of piperazine rings is 1. The van der Waals surface area contributed by atoms with Crippen LogP contribution in [0.3, 0.4) is 0 Å². The van der Waals surface area contributed by atoms with Gasteiger partial charge in [-0.25, -0.2) is 8.78 Å². The van der Waals surface area contributed by atoms with Crippen LogP contribution in [0.1, 0.15) is 26.3 Å². The maximum absolute atomic E-state index is 14.6. The first-order chi connectivity index (χ1) is 19.0. The number of fused-ring (bicyclic) bond motifs is 2. The van der Waals surface area contributed by atoms with Gasteiger partial charge in [-0.15, -0.1) is 0 Å². The van der Waals surface area contributed by atoms with Crippen molar-refractivity contribution in [3.05, 3.63) is 119 Å². The molecular weight excluding hydrogens is 516 g/mol. The highest BCUT2D eigenvalue weighted by molar-refractivity contribution is 7.99. The monoisotopic (exact) mass is 541 g/mol. The van der Waals surface area contributed by atoms with Gasteiger partial charge in [0.2, 0.25) is 0 Å². The molecule has 0 radical (unpaired) electrons. The van der Waals surface area contributed by atoms with Gasteiger partial charge in [0.25, 0.3) is 11.8 Å². The zero-order valence-electron chi connectivity index (χ0n) is 21.0. The van der Waals surface area contributed by atoms with Gasteiger partial charge in [0, 0.05) is 52.8 Å². The molecule has 0 aromatic heterocycles. The molecule has 0 N–H and O–H groups in total. The highest BCUT2D eigenvalue weighted by Crippen LogP contribution is 2.42. The SMILES string of the molecule is O=C(c1ccc2c(c1)N(Cc1ccccc1F)C(=O)c1ccccc1S2)N1CCN(c2ccc(F)cc2)CC1. The number of rotatable bonds is 4. The van der Waals surface area contributed by atoms with Crippen LogP contribution in [-0.2, 0) is 6.54 Å². The summed E-state index contributed by atoms with van der Waals surface area (Å²) >= 11 is 1.47. The lowest BCUT2D eigenvalue weighted by Gasteiger charge is -2.36. The average molecular weight is 542 g/mol. The molecule has 6 rings (SSSR count). The molecule has 4 aromatic rings. The van der Waals surface area contributed by atoms with Gasteiger partial charge in [0.05, 0.1) is 17.8 Å². The number of carbonyl (C=O) groups is 2. The van der Waals surface area contributed by atoms with Crippen LogP contribution in [0.5, 0.6) is 0 Å². The third-order valence-electron chi connectivity index (χ3n) is 7.12. The molecule has 0 atom stereocenters. The van der Waals surface area contributed by atoms with E-state index >= 15 is 0 Å². The largest absolute Gasteiger partial charge is 0.368 e. The highest BCUT2D eigenvalue weighted by Gasteiger charge is 2.30. The Labute approximate surface area is 229 Å². The van der Waals surface area contributed by atoms with Crippen LogP contribution in [0, 0.1) is 11.6 Å². The fourth-order valence-electron chi connectivity index (χ4n) is 5.01. The van der Waals surface area contributed by atoms with Crippen LogP contribution in [0.25, 0.3) is 0 Å². The first kappa shape index (κ1) is 25.1. The smallest absolute Gasteiger partial charge is 0.259 e. The first-order valence-corrected chi connectivity index (χ1v) is 13.6. The molecule has 2 aliphatic rings. The number of benzene rings is 4. The Balaban J connectivity index is 1.29. The van der Waals surface area contributed by atoms with Crippen molar-refractivity contribution in [3.8, 4) is 0 Å². The van der Waals surface area contributed by atoms with E-state index in [9.17, 15) is 18.4 Å². The molecular formula is C31H25F2N3O2S. The second-order valence-corrected chi connectivity index (χ2v) is 10.6. The molecule has 2 amide bonds. The van der Waals surface area contributed by atoms with Crippen LogP contribution in [0.15, 0.2) is 101 Å². The second kappa shape index (κ2) is 10.5. The van der Waals surface area contributed by atoms with Gasteiger partial charge < -0.3 is 14.7 Å². The van der Waals surface area contributed by atoms with Gasteiger partial charge in [0.15, 0.2) is 0 Å². The minimum atomic E-state index is -0.386. The number of nitrogens with zero attached hydrogens (tertiary/aromatic N) is 3. The van der Waals surface area contributed by atoms with Gasteiger partial charge in [-0.2, -0.15) is 0 Å². The molecule has 5 nitrogen and oxygen atoms in total. The van der Waals surface area contributed by atoms with Crippen LogP contribution in [-0.4, -0.2) is 42.9 Å². The number of hydrogen-bond acceptors (Lipinski definition) is 4. The molecule has 2 heterocycles. The van der Waals surface area contributed by atoms with Crippen LogP contribution in [0.2, 0.25) is 0 Å². The lowest BCUT2D eigenvalue weighted by atomic mass is 10.1. The van der Waals surface area contributed by atoms with E-state index in [1.807, 2.05) is 24.3 Å². The first-order valence-electron chi connectivity index (χ1n) is 12.7. The molecule has 8 heteroatoms. The summed E-state index contributed by atoms with van der Waals surface area (Å²) in [5.74, 6) is -1.03. The summed E-state index contributed by atoms with van der Waals surface area (Å²) in [6, 6.07) is 25.6. The summed E-state index contributed by atoms with van der Waals surface area (Å²) in [6.07, 6.45) is 0. The third-order valence-corrected chi connectivity index (χ3v) is 8.27. The fraction of sp³-hybridized carbons (Fsp3) is 0.161. The Bertz CT molecular complexity index is 1550. The Kier molecular flexibility index (Phi) is 6.79. The highest BCUT2D eigenvalue weighted by atomic mass is 32.2. The van der Waals surface area contributed by atoms with Gasteiger partial charge in [-0.05, 0) is 60.7 Å². The van der Waals surface area contributed by atoms with Crippen LogP contribution < -0.4 is 9.80 Å². The van der Waals surface area contributed by atoms with Crippen molar-refractivity contribution in [2.24, 2.45) is 0 Å².